The Balaban J connectivity index is 0.00000261. The molecule has 0 bridgehead atoms. The molecule has 144 valence electrons. The molecule has 3 rings (SSSR count). The molecular formula is C21H26ClN3O2. The third-order valence-corrected chi connectivity index (χ3v) is 4.83. The monoisotopic (exact) mass is 387 g/mol. The molecule has 1 atom stereocenters. The van der Waals surface area contributed by atoms with Crippen LogP contribution < -0.4 is 16.4 Å². The number of carbonyl (C=O) groups is 2. The van der Waals surface area contributed by atoms with Crippen LogP contribution in [0.15, 0.2) is 54.6 Å². The van der Waals surface area contributed by atoms with Crippen molar-refractivity contribution in [3.8, 4) is 0 Å². The van der Waals surface area contributed by atoms with Gasteiger partial charge in [0.15, 0.2) is 0 Å². The number of rotatable bonds is 6. The average molecular weight is 388 g/mol. The molecule has 1 unspecified atom stereocenters. The fourth-order valence-corrected chi connectivity index (χ4v) is 3.30. The summed E-state index contributed by atoms with van der Waals surface area (Å²) < 4.78 is 0. The fourth-order valence-electron chi connectivity index (χ4n) is 3.30. The van der Waals surface area contributed by atoms with Crippen molar-refractivity contribution in [3.63, 3.8) is 0 Å². The van der Waals surface area contributed by atoms with Crippen molar-refractivity contribution in [1.29, 1.82) is 0 Å². The van der Waals surface area contributed by atoms with Gasteiger partial charge in [0.05, 0.1) is 0 Å². The highest BCUT2D eigenvalue weighted by atomic mass is 35.5. The summed E-state index contributed by atoms with van der Waals surface area (Å²) in [4.78, 5) is 24.5. The van der Waals surface area contributed by atoms with Crippen molar-refractivity contribution >= 4 is 29.9 Å². The Morgan fingerprint density at radius 2 is 1.74 bits per heavy atom. The molecule has 1 saturated carbocycles. The molecule has 1 fully saturated rings. The standard InChI is InChI=1S/C21H25N3O2.ClH/c22-19(16-8-2-1-3-9-16)21(26)23-14-15-7-6-12-18(13-15)24-20(25)17-10-4-5-11-17;/h1-3,6-9,12-13,17,19H,4-5,10-11,14,22H2,(H,23,26)(H,24,25);1H. The second-order valence-electron chi connectivity index (χ2n) is 6.78. The van der Waals surface area contributed by atoms with Gasteiger partial charge in [-0.05, 0) is 36.1 Å². The number of carbonyl (C=O) groups excluding carboxylic acids is 2. The molecule has 0 saturated heterocycles. The van der Waals surface area contributed by atoms with E-state index < -0.39 is 6.04 Å². The third-order valence-electron chi connectivity index (χ3n) is 4.83. The number of hydrogen-bond donors (Lipinski definition) is 3. The van der Waals surface area contributed by atoms with E-state index in [4.69, 9.17) is 5.73 Å². The average Bonchev–Trinajstić information content (AvgIpc) is 3.21. The van der Waals surface area contributed by atoms with Crippen molar-refractivity contribution in [2.75, 3.05) is 5.32 Å². The summed E-state index contributed by atoms with van der Waals surface area (Å²) in [7, 11) is 0. The van der Waals surface area contributed by atoms with Gasteiger partial charge >= 0.3 is 0 Å². The normalized spacial score (nSPS) is 14.9. The van der Waals surface area contributed by atoms with Crippen LogP contribution in [0.4, 0.5) is 5.69 Å². The van der Waals surface area contributed by atoms with E-state index >= 15 is 0 Å². The molecule has 4 N–H and O–H groups in total. The van der Waals surface area contributed by atoms with Crippen LogP contribution in [0, 0.1) is 5.92 Å². The smallest absolute Gasteiger partial charge is 0.241 e. The van der Waals surface area contributed by atoms with E-state index in [-0.39, 0.29) is 30.1 Å². The van der Waals surface area contributed by atoms with Crippen LogP contribution in [-0.4, -0.2) is 11.8 Å². The number of hydrogen-bond acceptors (Lipinski definition) is 3. The molecule has 0 aliphatic heterocycles. The summed E-state index contributed by atoms with van der Waals surface area (Å²) in [6.45, 7) is 0.368. The van der Waals surface area contributed by atoms with Gasteiger partial charge in [0.1, 0.15) is 6.04 Å². The van der Waals surface area contributed by atoms with Gasteiger partial charge in [0.2, 0.25) is 11.8 Å². The van der Waals surface area contributed by atoms with Crippen LogP contribution in [-0.2, 0) is 16.1 Å². The van der Waals surface area contributed by atoms with E-state index in [1.165, 1.54) is 0 Å². The molecule has 1 aliphatic rings. The second-order valence-corrected chi connectivity index (χ2v) is 6.78. The van der Waals surface area contributed by atoms with Crippen molar-refractivity contribution in [1.82, 2.24) is 5.32 Å². The molecule has 0 aromatic heterocycles. The quantitative estimate of drug-likeness (QED) is 0.708. The van der Waals surface area contributed by atoms with Gasteiger partial charge in [-0.25, -0.2) is 0 Å². The van der Waals surface area contributed by atoms with Gasteiger partial charge in [0.25, 0.3) is 0 Å². The molecule has 2 amide bonds. The maximum Gasteiger partial charge on any atom is 0.241 e. The zero-order valence-corrected chi connectivity index (χ0v) is 16.0. The first-order valence-electron chi connectivity index (χ1n) is 9.11. The van der Waals surface area contributed by atoms with Crippen LogP contribution in [0.25, 0.3) is 0 Å². The highest BCUT2D eigenvalue weighted by molar-refractivity contribution is 5.92. The Morgan fingerprint density at radius 3 is 2.44 bits per heavy atom. The van der Waals surface area contributed by atoms with Gasteiger partial charge in [0, 0.05) is 18.2 Å². The molecule has 1 aliphatic carbocycles. The van der Waals surface area contributed by atoms with Gasteiger partial charge in [-0.15, -0.1) is 12.4 Å². The van der Waals surface area contributed by atoms with Crippen LogP contribution in [0.2, 0.25) is 0 Å². The SMILES string of the molecule is Cl.NC(C(=O)NCc1cccc(NC(=O)C2CCCC2)c1)c1ccccc1. The van der Waals surface area contributed by atoms with Crippen LogP contribution in [0.5, 0.6) is 0 Å². The van der Waals surface area contributed by atoms with E-state index in [1.807, 2.05) is 54.6 Å². The molecule has 6 heteroatoms. The summed E-state index contributed by atoms with van der Waals surface area (Å²) in [5.74, 6) is -0.00592. The maximum absolute atomic E-state index is 12.2. The lowest BCUT2D eigenvalue weighted by Gasteiger charge is -2.14. The van der Waals surface area contributed by atoms with E-state index in [0.717, 1.165) is 42.5 Å². The Morgan fingerprint density at radius 1 is 1.04 bits per heavy atom. The van der Waals surface area contributed by atoms with Gasteiger partial charge in [-0.3, -0.25) is 9.59 Å². The lowest BCUT2D eigenvalue weighted by Crippen LogP contribution is -2.33. The third kappa shape index (κ3) is 5.81. The van der Waals surface area contributed by atoms with E-state index in [0.29, 0.717) is 6.54 Å². The number of nitrogens with two attached hydrogens (primary N) is 1. The molecule has 27 heavy (non-hydrogen) atoms. The summed E-state index contributed by atoms with van der Waals surface area (Å²) in [5.41, 5.74) is 8.46. The largest absolute Gasteiger partial charge is 0.350 e. The summed E-state index contributed by atoms with van der Waals surface area (Å²) >= 11 is 0. The summed E-state index contributed by atoms with van der Waals surface area (Å²) in [5, 5.41) is 5.84. The molecule has 2 aromatic rings. The van der Waals surface area contributed by atoms with Crippen molar-refractivity contribution in [2.24, 2.45) is 11.7 Å². The Kier molecular flexibility index (Phi) is 7.82. The van der Waals surface area contributed by atoms with Crippen LogP contribution in [0.3, 0.4) is 0 Å². The highest BCUT2D eigenvalue weighted by Crippen LogP contribution is 2.26. The van der Waals surface area contributed by atoms with Crippen molar-refractivity contribution in [3.05, 3.63) is 65.7 Å². The van der Waals surface area contributed by atoms with Crippen LogP contribution >= 0.6 is 12.4 Å². The van der Waals surface area contributed by atoms with Gasteiger partial charge in [-0.1, -0.05) is 55.3 Å². The first-order chi connectivity index (χ1) is 12.6. The zero-order valence-electron chi connectivity index (χ0n) is 15.2. The highest BCUT2D eigenvalue weighted by Gasteiger charge is 2.22. The minimum Gasteiger partial charge on any atom is -0.350 e. The maximum atomic E-state index is 12.2. The fraction of sp³-hybridized carbons (Fsp3) is 0.333. The second kappa shape index (κ2) is 10.1. The number of anilines is 1. The first kappa shape index (κ1) is 20.9. The van der Waals surface area contributed by atoms with E-state index in [1.54, 1.807) is 0 Å². The van der Waals surface area contributed by atoms with E-state index in [9.17, 15) is 9.59 Å². The summed E-state index contributed by atoms with van der Waals surface area (Å²) in [6.07, 6.45) is 4.20. The summed E-state index contributed by atoms with van der Waals surface area (Å²) in [6, 6.07) is 16.1. The first-order valence-corrected chi connectivity index (χ1v) is 9.11. The molecule has 0 heterocycles. The van der Waals surface area contributed by atoms with Crippen molar-refractivity contribution < 1.29 is 9.59 Å². The minimum atomic E-state index is -0.693. The van der Waals surface area contributed by atoms with Crippen molar-refractivity contribution in [2.45, 2.75) is 38.3 Å². The van der Waals surface area contributed by atoms with Crippen LogP contribution in [0.1, 0.15) is 42.9 Å². The predicted molar refractivity (Wildman–Crippen MR) is 109 cm³/mol. The number of benzene rings is 2. The Labute approximate surface area is 166 Å². The van der Waals surface area contributed by atoms with E-state index in [2.05, 4.69) is 10.6 Å². The molecule has 2 aromatic carbocycles. The topological polar surface area (TPSA) is 84.2 Å². The molecular weight excluding hydrogens is 362 g/mol. The van der Waals surface area contributed by atoms with Gasteiger partial charge in [-0.2, -0.15) is 0 Å². The number of amides is 2. The molecule has 0 spiro atoms. The lowest BCUT2D eigenvalue weighted by atomic mass is 10.1. The Bertz CT molecular complexity index is 761. The lowest BCUT2D eigenvalue weighted by molar-refractivity contribution is -0.122. The Hall–Kier alpha value is -2.37. The molecule has 5 nitrogen and oxygen atoms in total. The van der Waals surface area contributed by atoms with Gasteiger partial charge < -0.3 is 16.4 Å². The minimum absolute atomic E-state index is 0. The number of nitrogens with one attached hydrogen (secondary N) is 2. The number of halogens is 1. The predicted octanol–water partition coefficient (Wildman–Crippen LogP) is 3.55. The molecule has 0 radical (unpaired) electrons. The zero-order chi connectivity index (χ0) is 18.4.